The molecule has 0 spiro atoms. The highest BCUT2D eigenvalue weighted by molar-refractivity contribution is 4.90. The SMILES string of the molecule is CCC=CCOC1OC(COC2OCC(O)C(O)C2O)C(O)C(O)C1O. The van der Waals surface area contributed by atoms with E-state index in [9.17, 15) is 30.6 Å². The molecule has 2 heterocycles. The smallest absolute Gasteiger partial charge is 0.187 e. The standard InChI is InChI=1S/C16H28O10/c1-2-3-4-5-23-16-14(22)12(20)11(19)9(26-16)7-25-15-13(21)10(18)8(17)6-24-15/h3-4,8-22H,2,5-7H2,1H3. The molecule has 0 radical (unpaired) electrons. The molecule has 0 aromatic carbocycles. The lowest BCUT2D eigenvalue weighted by atomic mass is 9.99. The molecule has 10 nitrogen and oxygen atoms in total. The van der Waals surface area contributed by atoms with Gasteiger partial charge < -0.3 is 49.6 Å². The number of aliphatic hydroxyl groups is 6. The molecule has 2 rings (SSSR count). The first kappa shape index (κ1) is 21.6. The molecule has 2 aliphatic heterocycles. The van der Waals surface area contributed by atoms with Crippen LogP contribution in [0.4, 0.5) is 0 Å². The fourth-order valence-electron chi connectivity index (χ4n) is 2.69. The molecule has 0 bridgehead atoms. The van der Waals surface area contributed by atoms with Gasteiger partial charge in [0.15, 0.2) is 12.6 Å². The summed E-state index contributed by atoms with van der Waals surface area (Å²) < 4.78 is 21.2. The Balaban J connectivity index is 1.89. The maximum atomic E-state index is 10.0. The van der Waals surface area contributed by atoms with E-state index in [1.165, 1.54) is 0 Å². The fraction of sp³-hybridized carbons (Fsp3) is 0.875. The molecule has 0 saturated carbocycles. The second kappa shape index (κ2) is 10.0. The van der Waals surface area contributed by atoms with Gasteiger partial charge in [-0.05, 0) is 6.42 Å². The maximum absolute atomic E-state index is 10.0. The summed E-state index contributed by atoms with van der Waals surface area (Å²) in [6.45, 7) is 1.57. The van der Waals surface area contributed by atoms with E-state index in [-0.39, 0.29) is 19.8 Å². The zero-order valence-corrected chi connectivity index (χ0v) is 14.5. The van der Waals surface area contributed by atoms with Crippen LogP contribution >= 0.6 is 0 Å². The van der Waals surface area contributed by atoms with E-state index in [1.54, 1.807) is 6.08 Å². The molecule has 10 heteroatoms. The molecule has 2 fully saturated rings. The maximum Gasteiger partial charge on any atom is 0.187 e. The van der Waals surface area contributed by atoms with Crippen LogP contribution < -0.4 is 0 Å². The van der Waals surface area contributed by atoms with Crippen molar-refractivity contribution in [1.29, 1.82) is 0 Å². The van der Waals surface area contributed by atoms with Gasteiger partial charge in [-0.3, -0.25) is 0 Å². The van der Waals surface area contributed by atoms with Crippen LogP contribution in [0.1, 0.15) is 13.3 Å². The average Bonchev–Trinajstić information content (AvgIpc) is 2.63. The Labute approximate surface area is 151 Å². The molecule has 152 valence electrons. The molecule has 0 aromatic rings. The zero-order valence-electron chi connectivity index (χ0n) is 14.5. The highest BCUT2D eigenvalue weighted by Crippen LogP contribution is 2.24. The van der Waals surface area contributed by atoms with Crippen LogP contribution in [0.25, 0.3) is 0 Å². The van der Waals surface area contributed by atoms with Crippen LogP contribution in [-0.4, -0.2) is 106 Å². The van der Waals surface area contributed by atoms with Gasteiger partial charge in [0.2, 0.25) is 0 Å². The van der Waals surface area contributed by atoms with E-state index in [0.29, 0.717) is 0 Å². The minimum Gasteiger partial charge on any atom is -0.388 e. The van der Waals surface area contributed by atoms with E-state index in [0.717, 1.165) is 6.42 Å². The van der Waals surface area contributed by atoms with E-state index < -0.39 is 55.3 Å². The van der Waals surface area contributed by atoms with Crippen molar-refractivity contribution < 1.29 is 49.6 Å². The van der Waals surface area contributed by atoms with Crippen LogP contribution in [0.3, 0.4) is 0 Å². The van der Waals surface area contributed by atoms with Crippen molar-refractivity contribution >= 4 is 0 Å². The third-order valence-corrected chi connectivity index (χ3v) is 4.31. The summed E-state index contributed by atoms with van der Waals surface area (Å²) in [7, 11) is 0. The Hall–Kier alpha value is -0.660. The summed E-state index contributed by atoms with van der Waals surface area (Å²) in [6, 6.07) is 0. The quantitative estimate of drug-likeness (QED) is 0.255. The van der Waals surface area contributed by atoms with Gasteiger partial charge in [0, 0.05) is 0 Å². The molecule has 0 aromatic heterocycles. The topological polar surface area (TPSA) is 158 Å². The summed E-state index contributed by atoms with van der Waals surface area (Å²) >= 11 is 0. The molecule has 2 saturated heterocycles. The molecule has 6 N–H and O–H groups in total. The fourth-order valence-corrected chi connectivity index (χ4v) is 2.69. The van der Waals surface area contributed by atoms with Crippen molar-refractivity contribution in [3.8, 4) is 0 Å². The molecule has 0 aliphatic carbocycles. The largest absolute Gasteiger partial charge is 0.388 e. The van der Waals surface area contributed by atoms with Crippen LogP contribution in [-0.2, 0) is 18.9 Å². The molecule has 2 aliphatic rings. The molecule has 0 amide bonds. The first-order chi connectivity index (χ1) is 12.4. The van der Waals surface area contributed by atoms with Crippen molar-refractivity contribution in [2.75, 3.05) is 19.8 Å². The predicted molar refractivity (Wildman–Crippen MR) is 85.8 cm³/mol. The first-order valence-electron chi connectivity index (χ1n) is 8.60. The van der Waals surface area contributed by atoms with Gasteiger partial charge in [-0.1, -0.05) is 19.1 Å². The van der Waals surface area contributed by atoms with Gasteiger partial charge in [0.05, 0.1) is 19.8 Å². The lowest BCUT2D eigenvalue weighted by molar-refractivity contribution is -0.319. The molecular formula is C16H28O10. The second-order valence-electron chi connectivity index (χ2n) is 6.31. The second-order valence-corrected chi connectivity index (χ2v) is 6.31. The normalized spacial score (nSPS) is 44.5. The average molecular weight is 380 g/mol. The van der Waals surface area contributed by atoms with Gasteiger partial charge in [0.25, 0.3) is 0 Å². The van der Waals surface area contributed by atoms with E-state index in [1.807, 2.05) is 13.0 Å². The number of aliphatic hydroxyl groups excluding tert-OH is 6. The Bertz CT molecular complexity index is 447. The monoisotopic (exact) mass is 380 g/mol. The van der Waals surface area contributed by atoms with Crippen LogP contribution in [0.5, 0.6) is 0 Å². The summed E-state index contributed by atoms with van der Waals surface area (Å²) in [5.74, 6) is 0. The number of hydrogen-bond acceptors (Lipinski definition) is 10. The van der Waals surface area contributed by atoms with Gasteiger partial charge in [-0.2, -0.15) is 0 Å². The Morgan fingerprint density at radius 3 is 2.23 bits per heavy atom. The summed E-state index contributed by atoms with van der Waals surface area (Å²) in [4.78, 5) is 0. The van der Waals surface area contributed by atoms with Crippen LogP contribution in [0.2, 0.25) is 0 Å². The van der Waals surface area contributed by atoms with Crippen molar-refractivity contribution in [2.24, 2.45) is 0 Å². The van der Waals surface area contributed by atoms with Gasteiger partial charge in [0.1, 0.15) is 42.7 Å². The number of hydrogen-bond donors (Lipinski definition) is 6. The highest BCUT2D eigenvalue weighted by Gasteiger charge is 2.45. The Kier molecular flexibility index (Phi) is 8.36. The van der Waals surface area contributed by atoms with Crippen molar-refractivity contribution in [1.82, 2.24) is 0 Å². The first-order valence-corrected chi connectivity index (χ1v) is 8.60. The van der Waals surface area contributed by atoms with Crippen molar-refractivity contribution in [3.63, 3.8) is 0 Å². The van der Waals surface area contributed by atoms with Crippen LogP contribution in [0.15, 0.2) is 12.2 Å². The molecule has 26 heavy (non-hydrogen) atoms. The predicted octanol–water partition coefficient (Wildman–Crippen LogP) is -2.77. The Morgan fingerprint density at radius 2 is 1.54 bits per heavy atom. The van der Waals surface area contributed by atoms with Crippen molar-refractivity contribution in [2.45, 2.75) is 68.7 Å². The van der Waals surface area contributed by atoms with E-state index in [4.69, 9.17) is 18.9 Å². The summed E-state index contributed by atoms with van der Waals surface area (Å²) in [5, 5.41) is 58.8. The van der Waals surface area contributed by atoms with E-state index in [2.05, 4.69) is 0 Å². The summed E-state index contributed by atoms with van der Waals surface area (Å²) in [5.41, 5.74) is 0. The third kappa shape index (κ3) is 5.20. The lowest BCUT2D eigenvalue weighted by Crippen LogP contribution is -2.60. The minimum absolute atomic E-state index is 0.153. The van der Waals surface area contributed by atoms with Crippen molar-refractivity contribution in [3.05, 3.63) is 12.2 Å². The van der Waals surface area contributed by atoms with Crippen LogP contribution in [0, 0.1) is 0 Å². The zero-order chi connectivity index (χ0) is 19.3. The third-order valence-electron chi connectivity index (χ3n) is 4.31. The van der Waals surface area contributed by atoms with Gasteiger partial charge in [-0.25, -0.2) is 0 Å². The minimum atomic E-state index is -1.51. The molecule has 9 atom stereocenters. The lowest BCUT2D eigenvalue weighted by Gasteiger charge is -2.41. The van der Waals surface area contributed by atoms with E-state index >= 15 is 0 Å². The number of rotatable bonds is 7. The number of ether oxygens (including phenoxy) is 4. The van der Waals surface area contributed by atoms with Gasteiger partial charge >= 0.3 is 0 Å². The Morgan fingerprint density at radius 1 is 0.846 bits per heavy atom. The number of allylic oxidation sites excluding steroid dienone is 1. The summed E-state index contributed by atoms with van der Waals surface area (Å²) in [6.07, 6.45) is -7.60. The highest BCUT2D eigenvalue weighted by atomic mass is 16.7. The molecular weight excluding hydrogens is 352 g/mol. The molecule has 9 unspecified atom stereocenters. The van der Waals surface area contributed by atoms with Gasteiger partial charge in [-0.15, -0.1) is 0 Å².